The summed E-state index contributed by atoms with van der Waals surface area (Å²) in [7, 11) is 1.81. The van der Waals surface area contributed by atoms with Crippen LogP contribution in [0.1, 0.15) is 11.3 Å². The van der Waals surface area contributed by atoms with Crippen molar-refractivity contribution in [2.75, 3.05) is 0 Å². The minimum absolute atomic E-state index is 0.0518. The van der Waals surface area contributed by atoms with Crippen LogP contribution >= 0.6 is 11.3 Å². The van der Waals surface area contributed by atoms with E-state index >= 15 is 0 Å². The smallest absolute Gasteiger partial charge is 0.297 e. The number of phenolic OH excluding ortho intramolecular Hbond substituents is 2. The Morgan fingerprint density at radius 2 is 1.86 bits per heavy atom. The number of benzene rings is 2. The molecule has 0 aliphatic rings. The largest absolute Gasteiger partial charge is 0.508 e. The lowest BCUT2D eigenvalue weighted by Crippen LogP contribution is -2.19. The van der Waals surface area contributed by atoms with Crippen LogP contribution in [0.2, 0.25) is 0 Å². The summed E-state index contributed by atoms with van der Waals surface area (Å²) in [5.74, 6) is 0.401. The van der Waals surface area contributed by atoms with E-state index in [-0.39, 0.29) is 17.1 Å². The Bertz CT molecular complexity index is 1650. The third-order valence-corrected chi connectivity index (χ3v) is 6.33. The molecule has 0 saturated heterocycles. The van der Waals surface area contributed by atoms with Gasteiger partial charge in [-0.05, 0) is 43.3 Å². The summed E-state index contributed by atoms with van der Waals surface area (Å²) in [5.41, 5.74) is 2.50. The normalized spacial score (nSPS) is 12.1. The third kappa shape index (κ3) is 4.11. The first kappa shape index (κ1) is 22.2. The van der Waals surface area contributed by atoms with Crippen molar-refractivity contribution < 1.29 is 14.6 Å². The Labute approximate surface area is 203 Å². The second-order valence-corrected chi connectivity index (χ2v) is 8.54. The Hall–Kier alpha value is -4.57. The molecule has 0 amide bonds. The van der Waals surface area contributed by atoms with Gasteiger partial charge in [0.05, 0.1) is 23.9 Å². The molecule has 5 rings (SSSR count). The maximum Gasteiger partial charge on any atom is 0.297 e. The van der Waals surface area contributed by atoms with Gasteiger partial charge in [-0.15, -0.1) is 11.3 Å². The van der Waals surface area contributed by atoms with Crippen LogP contribution in [0.25, 0.3) is 17.1 Å². The number of furan rings is 1. The molecule has 0 aliphatic heterocycles. The van der Waals surface area contributed by atoms with Crippen molar-refractivity contribution in [3.8, 4) is 28.6 Å². The fourth-order valence-corrected chi connectivity index (χ4v) is 4.45. The van der Waals surface area contributed by atoms with Crippen molar-refractivity contribution in [3.63, 3.8) is 0 Å². The highest BCUT2D eigenvalue weighted by Crippen LogP contribution is 2.24. The van der Waals surface area contributed by atoms with Gasteiger partial charge < -0.3 is 14.6 Å². The molecule has 2 aromatic carbocycles. The lowest BCUT2D eigenvalue weighted by molar-refractivity contribution is 0.450. The highest BCUT2D eigenvalue weighted by Gasteiger charge is 2.17. The first-order valence-corrected chi connectivity index (χ1v) is 11.5. The van der Waals surface area contributed by atoms with Gasteiger partial charge in [-0.2, -0.15) is 5.10 Å². The van der Waals surface area contributed by atoms with Crippen LogP contribution in [-0.2, 0) is 7.05 Å². The van der Waals surface area contributed by atoms with E-state index in [2.05, 4.69) is 5.10 Å². The molecule has 10 heteroatoms. The van der Waals surface area contributed by atoms with Crippen molar-refractivity contribution in [2.24, 2.45) is 17.1 Å². The van der Waals surface area contributed by atoms with Crippen LogP contribution in [0.3, 0.4) is 0 Å². The molecule has 0 bridgehead atoms. The average Bonchev–Trinajstić information content (AvgIpc) is 3.56. The van der Waals surface area contributed by atoms with E-state index in [1.165, 1.54) is 29.7 Å². The van der Waals surface area contributed by atoms with Crippen molar-refractivity contribution in [3.05, 3.63) is 98.7 Å². The topological polar surface area (TPSA) is 110 Å². The second-order valence-electron chi connectivity index (χ2n) is 7.70. The third-order valence-electron chi connectivity index (χ3n) is 5.52. The molecule has 0 unspecified atom stereocenters. The molecule has 0 aliphatic carbocycles. The maximum atomic E-state index is 13.3. The van der Waals surface area contributed by atoms with Crippen LogP contribution < -0.4 is 10.4 Å². The zero-order valence-electron chi connectivity index (χ0n) is 18.9. The van der Waals surface area contributed by atoms with Gasteiger partial charge in [-0.3, -0.25) is 9.48 Å². The number of phenols is 2. The SMILES string of the molecule is Cc1c(N=c2scc(-c3ccco3)n2N=Cc2ccc(O)cc2O)c(=O)n(-c2ccccc2)n1C. The van der Waals surface area contributed by atoms with Crippen LogP contribution in [0, 0.1) is 6.92 Å². The van der Waals surface area contributed by atoms with Crippen LogP contribution in [0.4, 0.5) is 5.69 Å². The Balaban J connectivity index is 1.68. The van der Waals surface area contributed by atoms with Crippen LogP contribution in [-0.4, -0.2) is 30.5 Å². The van der Waals surface area contributed by atoms with E-state index in [9.17, 15) is 15.0 Å². The van der Waals surface area contributed by atoms with Crippen molar-refractivity contribution >= 4 is 23.2 Å². The van der Waals surface area contributed by atoms with Gasteiger partial charge in [-0.1, -0.05) is 18.2 Å². The summed E-state index contributed by atoms with van der Waals surface area (Å²) >= 11 is 1.30. The molecule has 0 spiro atoms. The molecule has 0 radical (unpaired) electrons. The number of aromatic nitrogens is 3. The molecular weight excluding hydrogens is 466 g/mol. The predicted molar refractivity (Wildman–Crippen MR) is 134 cm³/mol. The standard InChI is InChI=1S/C25H21N5O4S/c1-16-23(24(33)30(28(16)2)18-7-4-3-5-8-18)27-25-29(20(15-35-25)22-9-6-12-34-22)26-14-17-10-11-19(31)13-21(17)32/h3-15,31-32H,1-2H3. The molecule has 3 heterocycles. The molecule has 176 valence electrons. The summed E-state index contributed by atoms with van der Waals surface area (Å²) in [6.45, 7) is 1.84. The zero-order chi connectivity index (χ0) is 24.5. The van der Waals surface area contributed by atoms with Gasteiger partial charge in [-0.25, -0.2) is 14.4 Å². The van der Waals surface area contributed by atoms with Gasteiger partial charge in [0, 0.05) is 24.1 Å². The van der Waals surface area contributed by atoms with Crippen molar-refractivity contribution in [2.45, 2.75) is 6.92 Å². The quantitative estimate of drug-likeness (QED) is 0.363. The van der Waals surface area contributed by atoms with Gasteiger partial charge in [0.1, 0.15) is 17.2 Å². The number of para-hydroxylation sites is 1. The van der Waals surface area contributed by atoms with Gasteiger partial charge in [0.25, 0.3) is 5.56 Å². The van der Waals surface area contributed by atoms with E-state index in [1.807, 2.05) is 49.7 Å². The van der Waals surface area contributed by atoms with E-state index in [4.69, 9.17) is 9.41 Å². The molecule has 2 N–H and O–H groups in total. The minimum Gasteiger partial charge on any atom is -0.508 e. The zero-order valence-corrected chi connectivity index (χ0v) is 19.7. The van der Waals surface area contributed by atoms with E-state index in [0.29, 0.717) is 33.2 Å². The lowest BCUT2D eigenvalue weighted by atomic mass is 10.2. The number of thiazole rings is 1. The molecule has 0 fully saturated rings. The highest BCUT2D eigenvalue weighted by molar-refractivity contribution is 7.07. The van der Waals surface area contributed by atoms with E-state index < -0.39 is 0 Å². The summed E-state index contributed by atoms with van der Waals surface area (Å²) in [6, 6.07) is 17.2. The lowest BCUT2D eigenvalue weighted by Gasteiger charge is -2.07. The first-order chi connectivity index (χ1) is 16.9. The summed E-state index contributed by atoms with van der Waals surface area (Å²) in [4.78, 5) is 18.5. The van der Waals surface area contributed by atoms with E-state index in [1.54, 1.807) is 38.5 Å². The summed E-state index contributed by atoms with van der Waals surface area (Å²) < 4.78 is 10.4. The number of hydrogen-bond acceptors (Lipinski definition) is 7. The molecule has 35 heavy (non-hydrogen) atoms. The highest BCUT2D eigenvalue weighted by atomic mass is 32.1. The van der Waals surface area contributed by atoms with Crippen molar-refractivity contribution in [1.82, 2.24) is 14.0 Å². The average molecular weight is 488 g/mol. The molecular formula is C25H21N5O4S. The Kier molecular flexibility index (Phi) is 5.71. The molecule has 3 aromatic heterocycles. The summed E-state index contributed by atoms with van der Waals surface area (Å²) in [5, 5.41) is 26.1. The molecule has 9 nitrogen and oxygen atoms in total. The monoisotopic (exact) mass is 487 g/mol. The maximum absolute atomic E-state index is 13.3. The Morgan fingerprint density at radius 3 is 2.57 bits per heavy atom. The molecule has 0 atom stereocenters. The minimum atomic E-state index is -0.254. The van der Waals surface area contributed by atoms with E-state index in [0.717, 1.165) is 5.69 Å². The number of nitrogens with zero attached hydrogens (tertiary/aromatic N) is 5. The summed E-state index contributed by atoms with van der Waals surface area (Å²) in [6.07, 6.45) is 3.01. The first-order valence-electron chi connectivity index (χ1n) is 10.6. The molecule has 0 saturated carbocycles. The number of rotatable bonds is 5. The van der Waals surface area contributed by atoms with Crippen LogP contribution in [0.15, 0.2) is 91.6 Å². The number of hydrogen-bond donors (Lipinski definition) is 2. The van der Waals surface area contributed by atoms with Gasteiger partial charge >= 0.3 is 0 Å². The molecule has 5 aromatic rings. The predicted octanol–water partition coefficient (Wildman–Crippen LogP) is 4.13. The second kappa shape index (κ2) is 8.99. The van der Waals surface area contributed by atoms with Gasteiger partial charge in [0.15, 0.2) is 11.4 Å². The number of aromatic hydroxyl groups is 2. The van der Waals surface area contributed by atoms with Gasteiger partial charge in [0.2, 0.25) is 4.80 Å². The van der Waals surface area contributed by atoms with Crippen molar-refractivity contribution in [1.29, 1.82) is 0 Å². The van der Waals surface area contributed by atoms with Crippen LogP contribution in [0.5, 0.6) is 11.5 Å². The Morgan fingerprint density at radius 1 is 1.06 bits per heavy atom. The fraction of sp³-hybridized carbons (Fsp3) is 0.0800. The fourth-order valence-electron chi connectivity index (χ4n) is 3.62.